The molecule has 0 amide bonds. The average molecular weight is 452 g/mol. The molecule has 1 N–H and O–H groups in total. The highest BCUT2D eigenvalue weighted by Crippen LogP contribution is 2.29. The van der Waals surface area contributed by atoms with Crippen molar-refractivity contribution in [2.24, 2.45) is 0 Å². The van der Waals surface area contributed by atoms with Crippen molar-refractivity contribution in [1.29, 1.82) is 0 Å². The molecule has 7 nitrogen and oxygen atoms in total. The number of aromatic nitrogens is 2. The number of anilines is 1. The number of nitrogens with one attached hydrogen (secondary N) is 1. The fourth-order valence-electron chi connectivity index (χ4n) is 3.49. The van der Waals surface area contributed by atoms with Gasteiger partial charge < -0.3 is 14.5 Å². The number of furan rings is 1. The van der Waals surface area contributed by atoms with E-state index in [0.717, 1.165) is 40.3 Å². The number of carbonyl (C=O) groups excluding carboxylic acids is 1. The van der Waals surface area contributed by atoms with Crippen LogP contribution in [0.5, 0.6) is 0 Å². The molecular formula is C24H25N3O4S. The Hall–Kier alpha value is -3.26. The van der Waals surface area contributed by atoms with E-state index in [1.54, 1.807) is 0 Å². The number of unbranched alkanes of at least 4 members (excludes halogenated alkanes) is 1. The summed E-state index contributed by atoms with van der Waals surface area (Å²) in [5.74, 6) is -0.438. The van der Waals surface area contributed by atoms with E-state index in [9.17, 15) is 9.59 Å². The van der Waals surface area contributed by atoms with Crippen LogP contribution in [0.15, 0.2) is 63.0 Å². The van der Waals surface area contributed by atoms with Gasteiger partial charge in [0.05, 0.1) is 12.8 Å². The van der Waals surface area contributed by atoms with Gasteiger partial charge in [-0.3, -0.25) is 14.2 Å². The van der Waals surface area contributed by atoms with Crippen molar-refractivity contribution in [3.05, 3.63) is 64.6 Å². The predicted octanol–water partition coefficient (Wildman–Crippen LogP) is 4.82. The number of ether oxygens (including phenoxy) is 1. The third-order valence-electron chi connectivity index (χ3n) is 5.17. The monoisotopic (exact) mass is 451 g/mol. The van der Waals surface area contributed by atoms with Gasteiger partial charge in [-0.15, -0.1) is 0 Å². The maximum atomic E-state index is 13.0. The zero-order valence-corrected chi connectivity index (χ0v) is 18.9. The van der Waals surface area contributed by atoms with E-state index < -0.39 is 5.97 Å². The molecule has 0 aliphatic heterocycles. The fourth-order valence-corrected chi connectivity index (χ4v) is 4.01. The van der Waals surface area contributed by atoms with Gasteiger partial charge in [0.2, 0.25) is 0 Å². The third-order valence-corrected chi connectivity index (χ3v) is 5.86. The lowest BCUT2D eigenvalue weighted by atomic mass is 10.1. The van der Waals surface area contributed by atoms with Crippen LogP contribution >= 0.6 is 11.8 Å². The van der Waals surface area contributed by atoms with E-state index in [1.165, 1.54) is 22.5 Å². The summed E-state index contributed by atoms with van der Waals surface area (Å²) in [5.41, 5.74) is 2.71. The first kappa shape index (κ1) is 22.0. The maximum absolute atomic E-state index is 13.0. The van der Waals surface area contributed by atoms with Gasteiger partial charge in [0.15, 0.2) is 5.16 Å². The highest BCUT2D eigenvalue weighted by Gasteiger charge is 2.14. The molecule has 2 heterocycles. The zero-order chi connectivity index (χ0) is 22.5. The van der Waals surface area contributed by atoms with Crippen LogP contribution in [0.3, 0.4) is 0 Å². The maximum Gasteiger partial charge on any atom is 0.326 e. The largest absolute Gasteiger partial charge is 0.464 e. The first-order chi connectivity index (χ1) is 15.6. The average Bonchev–Trinajstić information content (AvgIpc) is 3.18. The Morgan fingerprint density at radius 1 is 1.19 bits per heavy atom. The predicted molar refractivity (Wildman–Crippen MR) is 127 cm³/mol. The van der Waals surface area contributed by atoms with Gasteiger partial charge in [0.1, 0.15) is 23.4 Å². The molecule has 0 atom stereocenters. The second kappa shape index (κ2) is 9.91. The molecule has 0 aliphatic carbocycles. The van der Waals surface area contributed by atoms with Gasteiger partial charge in [-0.25, -0.2) is 4.98 Å². The summed E-state index contributed by atoms with van der Waals surface area (Å²) in [6, 6.07) is 13.9. The van der Waals surface area contributed by atoms with Crippen molar-refractivity contribution < 1.29 is 13.9 Å². The standard InChI is InChI=1S/C24H25N3O4S/c1-3-4-11-30-22(28)15-27-23(29)19(14-26-24(27)32-2)25-13-16-9-10-21-18(12-16)17-7-5-6-8-20(17)31-21/h5-10,12,14,25H,3-4,11,13,15H2,1-2H3. The number of nitrogens with zero attached hydrogens (tertiary/aromatic N) is 2. The number of hydrogen-bond donors (Lipinski definition) is 1. The Kier molecular flexibility index (Phi) is 6.80. The number of benzene rings is 2. The van der Waals surface area contributed by atoms with Crippen LogP contribution in [0.1, 0.15) is 25.3 Å². The molecule has 2 aromatic heterocycles. The van der Waals surface area contributed by atoms with Crippen LogP contribution in [0.4, 0.5) is 5.69 Å². The second-order valence-corrected chi connectivity index (χ2v) is 8.18. The first-order valence-electron chi connectivity index (χ1n) is 10.5. The molecule has 32 heavy (non-hydrogen) atoms. The summed E-state index contributed by atoms with van der Waals surface area (Å²) in [4.78, 5) is 29.5. The molecular weight excluding hydrogens is 426 g/mol. The Morgan fingerprint density at radius 3 is 2.81 bits per heavy atom. The molecule has 0 unspecified atom stereocenters. The van der Waals surface area contributed by atoms with Crippen molar-refractivity contribution in [2.75, 3.05) is 18.2 Å². The van der Waals surface area contributed by atoms with Crippen molar-refractivity contribution in [2.45, 2.75) is 38.0 Å². The molecule has 2 aromatic carbocycles. The molecule has 0 saturated heterocycles. The van der Waals surface area contributed by atoms with Gasteiger partial charge in [0.25, 0.3) is 5.56 Å². The molecule has 4 aromatic rings. The summed E-state index contributed by atoms with van der Waals surface area (Å²) in [5, 5.41) is 5.72. The summed E-state index contributed by atoms with van der Waals surface area (Å²) >= 11 is 1.31. The molecule has 166 valence electrons. The van der Waals surface area contributed by atoms with Crippen molar-refractivity contribution in [3.8, 4) is 0 Å². The third kappa shape index (κ3) is 4.65. The summed E-state index contributed by atoms with van der Waals surface area (Å²) < 4.78 is 12.4. The lowest BCUT2D eigenvalue weighted by molar-refractivity contribution is -0.144. The second-order valence-electron chi connectivity index (χ2n) is 7.41. The number of thioether (sulfide) groups is 1. The van der Waals surface area contributed by atoms with Gasteiger partial charge in [-0.05, 0) is 36.4 Å². The van der Waals surface area contributed by atoms with E-state index in [1.807, 2.05) is 49.6 Å². The summed E-state index contributed by atoms with van der Waals surface area (Å²) in [6.45, 7) is 2.66. The Balaban J connectivity index is 1.53. The fraction of sp³-hybridized carbons (Fsp3) is 0.292. The molecule has 4 rings (SSSR count). The van der Waals surface area contributed by atoms with Crippen LogP contribution in [0, 0.1) is 0 Å². The highest BCUT2D eigenvalue weighted by atomic mass is 32.2. The number of carbonyl (C=O) groups is 1. The number of rotatable bonds is 9. The number of fused-ring (bicyclic) bond motifs is 3. The van der Waals surface area contributed by atoms with Crippen molar-refractivity contribution >= 4 is 45.4 Å². The lowest BCUT2D eigenvalue weighted by Gasteiger charge is -2.13. The Bertz CT molecular complexity index is 1310. The quantitative estimate of drug-likeness (QED) is 0.169. The normalized spacial score (nSPS) is 11.2. The van der Waals surface area contributed by atoms with Gasteiger partial charge in [0, 0.05) is 17.3 Å². The van der Waals surface area contributed by atoms with Crippen LogP contribution in [-0.4, -0.2) is 28.4 Å². The summed E-state index contributed by atoms with van der Waals surface area (Å²) in [7, 11) is 0. The van der Waals surface area contributed by atoms with Crippen LogP contribution in [0.25, 0.3) is 21.9 Å². The lowest BCUT2D eigenvalue weighted by Crippen LogP contribution is -2.29. The van der Waals surface area contributed by atoms with E-state index in [4.69, 9.17) is 9.15 Å². The van der Waals surface area contributed by atoms with Crippen LogP contribution in [-0.2, 0) is 22.6 Å². The number of para-hydroxylation sites is 1. The molecule has 0 spiro atoms. The zero-order valence-electron chi connectivity index (χ0n) is 18.1. The van der Waals surface area contributed by atoms with Gasteiger partial charge >= 0.3 is 5.97 Å². The first-order valence-corrected chi connectivity index (χ1v) is 11.8. The minimum absolute atomic E-state index is 0.159. The van der Waals surface area contributed by atoms with Crippen LogP contribution in [0.2, 0.25) is 0 Å². The Labute approximate surface area is 189 Å². The molecule has 0 bridgehead atoms. The highest BCUT2D eigenvalue weighted by molar-refractivity contribution is 7.98. The van der Waals surface area contributed by atoms with Crippen molar-refractivity contribution in [3.63, 3.8) is 0 Å². The minimum atomic E-state index is -0.438. The number of esters is 1. The Morgan fingerprint density at radius 2 is 2.00 bits per heavy atom. The molecule has 0 saturated carbocycles. The topological polar surface area (TPSA) is 86.4 Å². The smallest absolute Gasteiger partial charge is 0.326 e. The SMILES string of the molecule is CCCCOC(=O)Cn1c(SC)ncc(NCc2ccc3oc4ccccc4c3c2)c1=O. The van der Waals surface area contributed by atoms with Gasteiger partial charge in [-0.1, -0.05) is 49.4 Å². The summed E-state index contributed by atoms with van der Waals surface area (Å²) in [6.07, 6.45) is 5.06. The molecule has 0 radical (unpaired) electrons. The van der Waals surface area contributed by atoms with E-state index in [0.29, 0.717) is 24.0 Å². The number of hydrogen-bond acceptors (Lipinski definition) is 7. The van der Waals surface area contributed by atoms with Crippen molar-refractivity contribution in [1.82, 2.24) is 9.55 Å². The van der Waals surface area contributed by atoms with Gasteiger partial charge in [-0.2, -0.15) is 0 Å². The van der Waals surface area contributed by atoms with E-state index in [2.05, 4.69) is 16.4 Å². The minimum Gasteiger partial charge on any atom is -0.464 e. The van der Waals surface area contributed by atoms with E-state index in [-0.39, 0.29) is 12.1 Å². The molecule has 0 fully saturated rings. The van der Waals surface area contributed by atoms with Crippen LogP contribution < -0.4 is 10.9 Å². The van der Waals surface area contributed by atoms with E-state index >= 15 is 0 Å². The molecule has 0 aliphatic rings. The molecule has 8 heteroatoms.